The molecule has 0 unspecified atom stereocenters. The lowest BCUT2D eigenvalue weighted by Crippen LogP contribution is -2.02. The van der Waals surface area contributed by atoms with Crippen molar-refractivity contribution in [2.24, 2.45) is 5.11 Å². The largest absolute Gasteiger partial charge is 0.594 e. The van der Waals surface area contributed by atoms with Crippen molar-refractivity contribution in [1.82, 2.24) is 0 Å². The van der Waals surface area contributed by atoms with Gasteiger partial charge in [0.1, 0.15) is 0 Å². The van der Waals surface area contributed by atoms with Crippen molar-refractivity contribution in [3.63, 3.8) is 0 Å². The van der Waals surface area contributed by atoms with Crippen molar-refractivity contribution < 1.29 is 14.4 Å². The van der Waals surface area contributed by atoms with Gasteiger partial charge in [-0.2, -0.15) is 0 Å². The average molecular weight is 194 g/mol. The molecule has 0 N–H and O–H groups in total. The summed E-state index contributed by atoms with van der Waals surface area (Å²) in [5.74, 6) is 0. The fourth-order valence-corrected chi connectivity index (χ4v) is 0.840. The van der Waals surface area contributed by atoms with E-state index in [9.17, 15) is 10.0 Å². The quantitative estimate of drug-likeness (QED) is 0.412. The third-order valence-corrected chi connectivity index (χ3v) is 1.42. The monoisotopic (exact) mass is 194 g/mol. The fraction of sp³-hybridized carbons (Fsp3) is 0.222. The van der Waals surface area contributed by atoms with Crippen LogP contribution in [0.5, 0.6) is 0 Å². The topological polar surface area (TPSA) is 64.7 Å². The Morgan fingerprint density at radius 3 is 2.71 bits per heavy atom. The molecule has 14 heavy (non-hydrogen) atoms. The van der Waals surface area contributed by atoms with E-state index in [1.807, 2.05) is 0 Å². The first-order chi connectivity index (χ1) is 6.74. The maximum Gasteiger partial charge on any atom is 0.492 e. The van der Waals surface area contributed by atoms with E-state index in [1.54, 1.807) is 37.3 Å². The fourth-order valence-electron chi connectivity index (χ4n) is 0.840. The third kappa shape index (κ3) is 2.85. The number of carbonyl (C=O) groups is 1. The molecule has 1 rings (SSSR count). The Morgan fingerprint density at radius 2 is 2.14 bits per heavy atom. The molecule has 0 atom stereocenters. The minimum atomic E-state index is -0.883. The summed E-state index contributed by atoms with van der Waals surface area (Å²) in [4.78, 5) is 11.0. The molecular formula is C9H10N2O3. The zero-order valence-corrected chi connectivity index (χ0v) is 7.71. The van der Waals surface area contributed by atoms with E-state index >= 15 is 0 Å². The van der Waals surface area contributed by atoms with E-state index in [0.29, 0.717) is 5.69 Å². The molecule has 0 spiro atoms. The number of rotatable bonds is 2. The lowest BCUT2D eigenvalue weighted by atomic mass is 10.3. The smallest absolute Gasteiger partial charge is 0.492 e. The van der Waals surface area contributed by atoms with Gasteiger partial charge in [0.25, 0.3) is 0 Å². The number of benzene rings is 1. The third-order valence-electron chi connectivity index (χ3n) is 1.42. The predicted octanol–water partition coefficient (Wildman–Crippen LogP) is 2.44. The second kappa shape index (κ2) is 4.96. The van der Waals surface area contributed by atoms with Crippen molar-refractivity contribution in [2.75, 3.05) is 6.61 Å². The Balaban J connectivity index is 2.75. The lowest BCUT2D eigenvalue weighted by molar-refractivity contribution is -0.436. The molecule has 1 aromatic rings. The molecule has 0 saturated carbocycles. The van der Waals surface area contributed by atoms with Crippen molar-refractivity contribution in [2.45, 2.75) is 6.92 Å². The van der Waals surface area contributed by atoms with Crippen LogP contribution in [0.1, 0.15) is 6.92 Å². The number of para-hydroxylation sites is 1. The normalized spacial score (nSPS) is 11.1. The zero-order valence-electron chi connectivity index (χ0n) is 7.71. The van der Waals surface area contributed by atoms with Gasteiger partial charge in [-0.1, -0.05) is 18.2 Å². The highest BCUT2D eigenvalue weighted by Gasteiger charge is 2.07. The molecule has 0 fully saturated rings. The van der Waals surface area contributed by atoms with Gasteiger partial charge in [0.2, 0.25) is 5.69 Å². The Morgan fingerprint density at radius 1 is 1.50 bits per heavy atom. The van der Waals surface area contributed by atoms with Gasteiger partial charge in [-0.15, -0.1) is 0 Å². The van der Waals surface area contributed by atoms with E-state index in [1.165, 1.54) is 0 Å². The van der Waals surface area contributed by atoms with Crippen LogP contribution in [0.2, 0.25) is 0 Å². The summed E-state index contributed by atoms with van der Waals surface area (Å²) >= 11 is 0. The molecule has 0 aliphatic carbocycles. The van der Waals surface area contributed by atoms with Gasteiger partial charge in [0.15, 0.2) is 0 Å². The number of carbonyl (C=O) groups excluding carboxylic acids is 1. The summed E-state index contributed by atoms with van der Waals surface area (Å²) in [7, 11) is 0. The molecule has 0 aliphatic heterocycles. The molecular weight excluding hydrogens is 184 g/mol. The summed E-state index contributed by atoms with van der Waals surface area (Å²) in [6.07, 6.45) is -0.883. The second-order valence-electron chi connectivity index (χ2n) is 2.41. The number of azo groups is 1. The Hall–Kier alpha value is -1.91. The summed E-state index contributed by atoms with van der Waals surface area (Å²) in [5.41, 5.74) is 0.292. The van der Waals surface area contributed by atoms with Gasteiger partial charge < -0.3 is 9.94 Å². The summed E-state index contributed by atoms with van der Waals surface area (Å²) in [6.45, 7) is 1.84. The number of nitrogens with zero attached hydrogens (tertiary/aromatic N) is 2. The van der Waals surface area contributed by atoms with Gasteiger partial charge >= 0.3 is 6.09 Å². The van der Waals surface area contributed by atoms with E-state index in [4.69, 9.17) is 0 Å². The molecule has 0 heterocycles. The van der Waals surface area contributed by atoms with Gasteiger partial charge in [-0.25, -0.2) is 4.79 Å². The summed E-state index contributed by atoms with van der Waals surface area (Å²) in [5, 5.41) is 14.3. The van der Waals surface area contributed by atoms with Crippen LogP contribution in [0.25, 0.3) is 0 Å². The first-order valence-electron chi connectivity index (χ1n) is 4.14. The van der Waals surface area contributed by atoms with Gasteiger partial charge in [0, 0.05) is 12.1 Å². The molecule has 5 heteroatoms. The first-order valence-corrected chi connectivity index (χ1v) is 4.14. The first kappa shape index (κ1) is 10.2. The highest BCUT2D eigenvalue weighted by Crippen LogP contribution is 2.09. The second-order valence-corrected chi connectivity index (χ2v) is 2.41. The molecule has 1 aromatic carbocycles. The van der Waals surface area contributed by atoms with Crippen molar-refractivity contribution in [3.8, 4) is 0 Å². The van der Waals surface area contributed by atoms with Crippen LogP contribution in [0.4, 0.5) is 10.5 Å². The van der Waals surface area contributed by atoms with Crippen LogP contribution < -0.4 is 0 Å². The van der Waals surface area contributed by atoms with E-state index in [0.717, 1.165) is 0 Å². The Bertz CT molecular complexity index is 335. The maximum atomic E-state index is 11.2. The Labute approximate surface area is 81.2 Å². The molecule has 0 saturated heterocycles. The summed E-state index contributed by atoms with van der Waals surface area (Å²) < 4.78 is 4.49. The molecule has 0 aromatic heterocycles. The van der Waals surface area contributed by atoms with Crippen LogP contribution in [-0.4, -0.2) is 17.6 Å². The molecule has 0 aliphatic rings. The van der Waals surface area contributed by atoms with E-state index in [2.05, 4.69) is 9.85 Å². The predicted molar refractivity (Wildman–Crippen MR) is 49.2 cm³/mol. The number of ether oxygens (including phenoxy) is 1. The van der Waals surface area contributed by atoms with E-state index in [-0.39, 0.29) is 11.5 Å². The van der Waals surface area contributed by atoms with Gasteiger partial charge in [0.05, 0.1) is 11.7 Å². The average Bonchev–Trinajstić information content (AvgIpc) is 2.19. The van der Waals surface area contributed by atoms with Crippen molar-refractivity contribution in [1.29, 1.82) is 0 Å². The minimum Gasteiger partial charge on any atom is -0.594 e. The van der Waals surface area contributed by atoms with Crippen LogP contribution in [0.3, 0.4) is 0 Å². The van der Waals surface area contributed by atoms with Crippen LogP contribution in [0.15, 0.2) is 35.4 Å². The zero-order chi connectivity index (χ0) is 10.4. The van der Waals surface area contributed by atoms with Crippen LogP contribution >= 0.6 is 0 Å². The minimum absolute atomic E-state index is 0.199. The highest BCUT2D eigenvalue weighted by atomic mass is 16.6. The standard InChI is InChI=1S/C9H10N2O3/c1-2-14-9(12)10-11(13)8-6-4-3-5-7-8/h3-7H,2H2,1H3/b11-10+. The highest BCUT2D eigenvalue weighted by molar-refractivity contribution is 5.66. The molecule has 74 valence electrons. The van der Waals surface area contributed by atoms with Crippen LogP contribution in [-0.2, 0) is 4.74 Å². The number of hydrogen-bond donors (Lipinski definition) is 0. The van der Waals surface area contributed by atoms with Crippen LogP contribution in [0, 0.1) is 5.21 Å². The molecule has 0 radical (unpaired) electrons. The molecule has 0 bridgehead atoms. The SMILES string of the molecule is CCOC(=O)/N=[N+](/[O-])c1ccccc1. The Kier molecular flexibility index (Phi) is 3.60. The molecule has 1 amide bonds. The maximum absolute atomic E-state index is 11.2. The van der Waals surface area contributed by atoms with Crippen molar-refractivity contribution in [3.05, 3.63) is 35.5 Å². The number of amides is 1. The van der Waals surface area contributed by atoms with Gasteiger partial charge in [-0.05, 0) is 11.8 Å². The molecule has 5 nitrogen and oxygen atoms in total. The van der Waals surface area contributed by atoms with E-state index < -0.39 is 6.09 Å². The number of hydrogen-bond acceptors (Lipinski definition) is 3. The lowest BCUT2D eigenvalue weighted by Gasteiger charge is -1.98. The van der Waals surface area contributed by atoms with Gasteiger partial charge in [-0.3, -0.25) is 0 Å². The van der Waals surface area contributed by atoms with Crippen molar-refractivity contribution >= 4 is 11.8 Å². The summed E-state index contributed by atoms with van der Waals surface area (Å²) in [6, 6.07) is 8.23.